The number of hydrogen-bond donors (Lipinski definition) is 0. The Morgan fingerprint density at radius 3 is 2.54 bits per heavy atom. The molecule has 270 valence electrons. The van der Waals surface area contributed by atoms with Gasteiger partial charge in [-0.05, 0) is 89.9 Å². The average molecular weight is 708 g/mol. The zero-order valence-electron chi connectivity index (χ0n) is 32.1. The second-order valence-electron chi connectivity index (χ2n) is 13.2. The third kappa shape index (κ3) is 8.09. The van der Waals surface area contributed by atoms with Crippen molar-refractivity contribution in [1.82, 2.24) is 9.97 Å². The van der Waals surface area contributed by atoms with Crippen molar-refractivity contribution in [2.75, 3.05) is 13.7 Å². The highest BCUT2D eigenvalue weighted by atomic mass is 16.5. The Morgan fingerprint density at radius 1 is 0.889 bits per heavy atom. The monoisotopic (exact) mass is 707 g/mol. The van der Waals surface area contributed by atoms with E-state index in [1.54, 1.807) is 7.11 Å². The molecular formula is C50H49N3O. The summed E-state index contributed by atoms with van der Waals surface area (Å²) in [5.74, 6) is 1.26. The summed E-state index contributed by atoms with van der Waals surface area (Å²) in [6.07, 6.45) is 31.2. The summed E-state index contributed by atoms with van der Waals surface area (Å²) >= 11 is 0. The molecule has 54 heavy (non-hydrogen) atoms. The normalized spacial score (nSPS) is 14.8. The zero-order valence-corrected chi connectivity index (χ0v) is 32.1. The van der Waals surface area contributed by atoms with Crippen LogP contribution in [-0.4, -0.2) is 29.3 Å². The van der Waals surface area contributed by atoms with Crippen LogP contribution < -0.4 is 0 Å². The van der Waals surface area contributed by atoms with Crippen LogP contribution >= 0.6 is 0 Å². The van der Waals surface area contributed by atoms with Gasteiger partial charge in [-0.2, -0.15) is 0 Å². The summed E-state index contributed by atoms with van der Waals surface area (Å²) < 4.78 is 5.75. The summed E-state index contributed by atoms with van der Waals surface area (Å²) in [7, 11) is 1.77. The first-order valence-corrected chi connectivity index (χ1v) is 18.8. The molecule has 4 heteroatoms. The average Bonchev–Trinajstić information content (AvgIpc) is 3.22. The summed E-state index contributed by atoms with van der Waals surface area (Å²) in [6, 6.07) is 23.6. The van der Waals surface area contributed by atoms with E-state index in [0.717, 1.165) is 90.6 Å². The van der Waals surface area contributed by atoms with E-state index in [1.165, 1.54) is 5.57 Å². The van der Waals surface area contributed by atoms with E-state index in [2.05, 4.69) is 142 Å². The Morgan fingerprint density at radius 2 is 1.74 bits per heavy atom. The Bertz CT molecular complexity index is 2410. The number of pyridine rings is 2. The van der Waals surface area contributed by atoms with Gasteiger partial charge in [0.2, 0.25) is 0 Å². The minimum absolute atomic E-state index is 0.195. The summed E-state index contributed by atoms with van der Waals surface area (Å²) in [5, 5.41) is 2.14. The molecule has 1 aliphatic rings. The standard InChI is InChI=1S/C50H49N3O/c1-7-11-12-15-31-51-48(36(9-3)25-24-35(5)41-22-13-14-23-47(41)54-6)39-20-16-19-38(34-39)42-28-29-44(40(10-4)43(42)18-8-2)45-30-33-53-50-46(45)27-26-37-21-17-32-52-49(37)50/h7-13,15-22,24-30,32-35H,4,14,23,31H2,1-3,5-6H3/b11-7-,15-12-,18-8-,25-24-,36-9-,51-48?. The van der Waals surface area contributed by atoms with Crippen molar-refractivity contribution in [3.63, 3.8) is 0 Å². The number of benzene rings is 3. The molecule has 0 fully saturated rings. The van der Waals surface area contributed by atoms with Crippen LogP contribution in [-0.2, 0) is 4.74 Å². The number of rotatable bonds is 13. The SMILES string of the molecule is C=Cc1c(-c2ccnc3c2ccc2cccnc23)ccc(-c2cccc(C(=NC/C=C\C=C/C)C(/C=C\C(C)C3=C(OC)CCC=C3)=C\C)c2)c1/C=C\C. The van der Waals surface area contributed by atoms with Crippen molar-refractivity contribution in [3.8, 4) is 22.3 Å². The molecule has 0 aliphatic heterocycles. The van der Waals surface area contributed by atoms with Crippen LogP contribution in [0.25, 0.3) is 56.2 Å². The van der Waals surface area contributed by atoms with Gasteiger partial charge >= 0.3 is 0 Å². The Balaban J connectivity index is 1.44. The Kier molecular flexibility index (Phi) is 12.6. The molecule has 0 amide bonds. The molecule has 2 heterocycles. The second kappa shape index (κ2) is 18.1. The van der Waals surface area contributed by atoms with E-state index in [9.17, 15) is 0 Å². The molecule has 5 aromatic rings. The van der Waals surface area contributed by atoms with Gasteiger partial charge in [-0.1, -0.05) is 135 Å². The van der Waals surface area contributed by atoms with Gasteiger partial charge < -0.3 is 4.74 Å². The van der Waals surface area contributed by atoms with Gasteiger partial charge in [0.1, 0.15) is 0 Å². The number of fused-ring (bicyclic) bond motifs is 3. The van der Waals surface area contributed by atoms with Crippen LogP contribution in [0.15, 0.2) is 168 Å². The van der Waals surface area contributed by atoms with E-state index in [4.69, 9.17) is 14.7 Å². The summed E-state index contributed by atoms with van der Waals surface area (Å²) in [4.78, 5) is 14.6. The first-order chi connectivity index (χ1) is 26.5. The largest absolute Gasteiger partial charge is 0.501 e. The van der Waals surface area contributed by atoms with Gasteiger partial charge in [0, 0.05) is 41.1 Å². The third-order valence-corrected chi connectivity index (χ3v) is 9.88. The zero-order chi connectivity index (χ0) is 37.9. The third-order valence-electron chi connectivity index (χ3n) is 9.88. The predicted octanol–water partition coefficient (Wildman–Crippen LogP) is 13.1. The Labute approximate surface area is 320 Å². The molecule has 1 unspecified atom stereocenters. The maximum absolute atomic E-state index is 5.75. The van der Waals surface area contributed by atoms with E-state index >= 15 is 0 Å². The van der Waals surface area contributed by atoms with Gasteiger partial charge in [-0.15, -0.1) is 0 Å². The van der Waals surface area contributed by atoms with E-state index in [0.29, 0.717) is 6.54 Å². The summed E-state index contributed by atoms with van der Waals surface area (Å²) in [5.41, 5.74) is 12.7. The van der Waals surface area contributed by atoms with Crippen LogP contribution in [0.5, 0.6) is 0 Å². The molecule has 0 spiro atoms. The number of ether oxygens (including phenoxy) is 1. The lowest BCUT2D eigenvalue weighted by Gasteiger charge is -2.19. The quantitative estimate of drug-likeness (QED) is 0.0695. The highest BCUT2D eigenvalue weighted by Crippen LogP contribution is 2.39. The first kappa shape index (κ1) is 37.6. The number of methoxy groups -OCH3 is 1. The molecule has 6 rings (SSSR count). The predicted molar refractivity (Wildman–Crippen MR) is 233 cm³/mol. The minimum atomic E-state index is 0.195. The molecule has 0 N–H and O–H groups in total. The molecule has 2 aromatic heterocycles. The smallest absolute Gasteiger partial charge is 0.0996 e. The number of hydrogen-bond acceptors (Lipinski definition) is 4. The number of aromatic nitrogens is 2. The second-order valence-corrected chi connectivity index (χ2v) is 13.2. The number of allylic oxidation sites excluding steroid dienone is 12. The molecule has 1 atom stereocenters. The molecule has 0 radical (unpaired) electrons. The minimum Gasteiger partial charge on any atom is -0.501 e. The fraction of sp³-hybridized carbons (Fsp3) is 0.180. The van der Waals surface area contributed by atoms with Gasteiger partial charge in [0.15, 0.2) is 0 Å². The molecular weight excluding hydrogens is 659 g/mol. The van der Waals surface area contributed by atoms with Crippen molar-refractivity contribution < 1.29 is 4.74 Å². The fourth-order valence-corrected chi connectivity index (χ4v) is 7.21. The van der Waals surface area contributed by atoms with Crippen LogP contribution in [0.4, 0.5) is 0 Å². The number of nitrogens with zero attached hydrogens (tertiary/aromatic N) is 3. The first-order valence-electron chi connectivity index (χ1n) is 18.8. The lowest BCUT2D eigenvalue weighted by Crippen LogP contribution is -2.07. The fourth-order valence-electron chi connectivity index (χ4n) is 7.21. The van der Waals surface area contributed by atoms with Gasteiger partial charge in [0.25, 0.3) is 0 Å². The Hall–Kier alpha value is -6.13. The molecule has 0 saturated heterocycles. The lowest BCUT2D eigenvalue weighted by molar-refractivity contribution is 0.269. The van der Waals surface area contributed by atoms with Gasteiger partial charge in [-0.25, -0.2) is 0 Å². The van der Waals surface area contributed by atoms with Crippen LogP contribution in [0.2, 0.25) is 0 Å². The molecule has 1 aliphatic carbocycles. The van der Waals surface area contributed by atoms with Crippen molar-refractivity contribution in [1.29, 1.82) is 0 Å². The number of aliphatic imine (C=N–C) groups is 1. The maximum atomic E-state index is 5.75. The van der Waals surface area contributed by atoms with Gasteiger partial charge in [0.05, 0.1) is 36.2 Å². The highest BCUT2D eigenvalue weighted by Gasteiger charge is 2.18. The molecule has 4 nitrogen and oxygen atoms in total. The van der Waals surface area contributed by atoms with Crippen LogP contribution in [0.3, 0.4) is 0 Å². The topological polar surface area (TPSA) is 47.4 Å². The van der Waals surface area contributed by atoms with E-state index in [-0.39, 0.29) is 5.92 Å². The van der Waals surface area contributed by atoms with E-state index < -0.39 is 0 Å². The molecule has 3 aromatic carbocycles. The summed E-state index contributed by atoms with van der Waals surface area (Å²) in [6.45, 7) is 13.3. The van der Waals surface area contributed by atoms with Crippen molar-refractivity contribution in [2.24, 2.45) is 10.9 Å². The van der Waals surface area contributed by atoms with Crippen molar-refractivity contribution in [3.05, 3.63) is 180 Å². The van der Waals surface area contributed by atoms with E-state index in [1.807, 2.05) is 49.7 Å². The highest BCUT2D eigenvalue weighted by molar-refractivity contribution is 6.15. The lowest BCUT2D eigenvalue weighted by atomic mass is 9.87. The maximum Gasteiger partial charge on any atom is 0.0996 e. The van der Waals surface area contributed by atoms with Crippen LogP contribution in [0, 0.1) is 5.92 Å². The van der Waals surface area contributed by atoms with Crippen LogP contribution in [0.1, 0.15) is 57.2 Å². The molecule has 0 bridgehead atoms. The van der Waals surface area contributed by atoms with Crippen molar-refractivity contribution in [2.45, 2.75) is 40.5 Å². The van der Waals surface area contributed by atoms with Crippen molar-refractivity contribution >= 4 is 39.7 Å². The van der Waals surface area contributed by atoms with Gasteiger partial charge in [-0.3, -0.25) is 15.0 Å². The molecule has 0 saturated carbocycles.